The van der Waals surface area contributed by atoms with Crippen molar-refractivity contribution in [3.8, 4) is 22.8 Å². The third-order valence-electron chi connectivity index (χ3n) is 3.32. The molecule has 1 aromatic carbocycles. The van der Waals surface area contributed by atoms with Gasteiger partial charge < -0.3 is 15.2 Å². The van der Waals surface area contributed by atoms with Crippen molar-refractivity contribution in [1.82, 2.24) is 4.98 Å². The Morgan fingerprint density at radius 1 is 1.22 bits per heavy atom. The molecule has 0 aliphatic heterocycles. The summed E-state index contributed by atoms with van der Waals surface area (Å²) in [6.45, 7) is 3.76. The van der Waals surface area contributed by atoms with Gasteiger partial charge in [-0.05, 0) is 37.1 Å². The van der Waals surface area contributed by atoms with Crippen LogP contribution in [0.4, 0.5) is 18.9 Å². The number of hydrogen-bond acceptors (Lipinski definition) is 4. The molecule has 2 rings (SSSR count). The van der Waals surface area contributed by atoms with Gasteiger partial charge in [-0.25, -0.2) is 0 Å². The van der Waals surface area contributed by atoms with Crippen LogP contribution in [0.2, 0.25) is 0 Å². The van der Waals surface area contributed by atoms with E-state index >= 15 is 0 Å². The van der Waals surface area contributed by atoms with Gasteiger partial charge in [0.25, 0.3) is 0 Å². The standard InChI is InChI=1S/C16H17F3N2O2/c1-4-13-12(20)7-9(2)15(21-13)11-6-5-10(8-14(11)22-3)23-16(17,18)19/h5-8H,4,20H2,1-3H3. The fourth-order valence-corrected chi connectivity index (χ4v) is 2.29. The van der Waals surface area contributed by atoms with Gasteiger partial charge in [0.15, 0.2) is 0 Å². The highest BCUT2D eigenvalue weighted by molar-refractivity contribution is 5.73. The molecule has 0 aliphatic carbocycles. The van der Waals surface area contributed by atoms with Crippen LogP contribution in [0.25, 0.3) is 11.3 Å². The predicted molar refractivity (Wildman–Crippen MR) is 81.4 cm³/mol. The van der Waals surface area contributed by atoms with Crippen LogP contribution >= 0.6 is 0 Å². The lowest BCUT2D eigenvalue weighted by atomic mass is 10.0. The highest BCUT2D eigenvalue weighted by atomic mass is 19.4. The van der Waals surface area contributed by atoms with E-state index in [1.165, 1.54) is 25.3 Å². The molecule has 7 heteroatoms. The number of methoxy groups -OCH3 is 1. The number of hydrogen-bond donors (Lipinski definition) is 1. The van der Waals surface area contributed by atoms with Gasteiger partial charge in [-0.1, -0.05) is 6.92 Å². The van der Waals surface area contributed by atoms with Crippen LogP contribution in [-0.4, -0.2) is 18.5 Å². The van der Waals surface area contributed by atoms with E-state index in [9.17, 15) is 13.2 Å². The number of aryl methyl sites for hydroxylation is 2. The molecular weight excluding hydrogens is 309 g/mol. The molecule has 4 nitrogen and oxygen atoms in total. The van der Waals surface area contributed by atoms with E-state index in [0.717, 1.165) is 11.3 Å². The summed E-state index contributed by atoms with van der Waals surface area (Å²) in [5, 5.41) is 0. The minimum Gasteiger partial charge on any atom is -0.496 e. The number of rotatable bonds is 4. The van der Waals surface area contributed by atoms with Gasteiger partial charge in [-0.15, -0.1) is 13.2 Å². The zero-order valence-electron chi connectivity index (χ0n) is 13.0. The van der Waals surface area contributed by atoms with Crippen molar-refractivity contribution in [2.45, 2.75) is 26.6 Å². The second kappa shape index (κ2) is 6.36. The summed E-state index contributed by atoms with van der Waals surface area (Å²) in [5.41, 5.74) is 9.22. The molecule has 2 aromatic rings. The zero-order chi connectivity index (χ0) is 17.2. The summed E-state index contributed by atoms with van der Waals surface area (Å²) in [7, 11) is 1.38. The van der Waals surface area contributed by atoms with Crippen molar-refractivity contribution in [1.29, 1.82) is 0 Å². The summed E-state index contributed by atoms with van der Waals surface area (Å²) in [6.07, 6.45) is -4.10. The van der Waals surface area contributed by atoms with Crippen LogP contribution in [-0.2, 0) is 6.42 Å². The van der Waals surface area contributed by atoms with Crippen LogP contribution in [0, 0.1) is 6.92 Å². The van der Waals surface area contributed by atoms with E-state index in [-0.39, 0.29) is 11.5 Å². The highest BCUT2D eigenvalue weighted by Gasteiger charge is 2.31. The van der Waals surface area contributed by atoms with E-state index in [4.69, 9.17) is 10.5 Å². The molecule has 0 unspecified atom stereocenters. The average molecular weight is 326 g/mol. The molecule has 1 heterocycles. The van der Waals surface area contributed by atoms with Crippen LogP contribution in [0.1, 0.15) is 18.2 Å². The third kappa shape index (κ3) is 3.85. The Kier molecular flexibility index (Phi) is 4.68. The molecule has 0 bridgehead atoms. The first-order chi connectivity index (χ1) is 10.7. The number of pyridine rings is 1. The first kappa shape index (κ1) is 16.9. The smallest absolute Gasteiger partial charge is 0.496 e. The molecule has 0 atom stereocenters. The van der Waals surface area contributed by atoms with E-state index < -0.39 is 6.36 Å². The predicted octanol–water partition coefficient (Wildman–Crippen LogP) is 4.11. The summed E-state index contributed by atoms with van der Waals surface area (Å²) >= 11 is 0. The van der Waals surface area contributed by atoms with Crippen LogP contribution in [0.5, 0.6) is 11.5 Å². The van der Waals surface area contributed by atoms with Gasteiger partial charge >= 0.3 is 6.36 Å². The Labute approximate surface area is 132 Å². The molecule has 0 amide bonds. The van der Waals surface area contributed by atoms with Crippen molar-refractivity contribution in [3.05, 3.63) is 35.5 Å². The topological polar surface area (TPSA) is 57.4 Å². The maximum Gasteiger partial charge on any atom is 0.573 e. The second-order valence-electron chi connectivity index (χ2n) is 4.95. The number of ether oxygens (including phenoxy) is 2. The largest absolute Gasteiger partial charge is 0.573 e. The summed E-state index contributed by atoms with van der Waals surface area (Å²) in [5.74, 6) is -0.101. The third-order valence-corrected chi connectivity index (χ3v) is 3.32. The molecular formula is C16H17F3N2O2. The number of halogens is 3. The fourth-order valence-electron chi connectivity index (χ4n) is 2.29. The number of nitrogens with zero attached hydrogens (tertiary/aromatic N) is 1. The first-order valence-corrected chi connectivity index (χ1v) is 6.95. The fraction of sp³-hybridized carbons (Fsp3) is 0.312. The summed E-state index contributed by atoms with van der Waals surface area (Å²) in [6, 6.07) is 5.70. The van der Waals surface area contributed by atoms with Crippen molar-refractivity contribution in [3.63, 3.8) is 0 Å². The molecule has 0 saturated carbocycles. The summed E-state index contributed by atoms with van der Waals surface area (Å²) < 4.78 is 46.1. The molecule has 0 aliphatic rings. The number of alkyl halides is 3. The van der Waals surface area contributed by atoms with Gasteiger partial charge in [0.05, 0.1) is 24.2 Å². The van der Waals surface area contributed by atoms with Gasteiger partial charge in [0, 0.05) is 11.6 Å². The zero-order valence-corrected chi connectivity index (χ0v) is 13.0. The number of aromatic nitrogens is 1. The van der Waals surface area contributed by atoms with Crippen LogP contribution in [0.3, 0.4) is 0 Å². The number of nitrogens with two attached hydrogens (primary N) is 1. The van der Waals surface area contributed by atoms with Crippen molar-refractivity contribution < 1.29 is 22.6 Å². The Bertz CT molecular complexity index is 715. The molecule has 2 N–H and O–H groups in total. The highest BCUT2D eigenvalue weighted by Crippen LogP contribution is 2.36. The Hall–Kier alpha value is -2.44. The minimum atomic E-state index is -4.75. The molecule has 0 fully saturated rings. The van der Waals surface area contributed by atoms with Gasteiger partial charge in [0.2, 0.25) is 0 Å². The SMILES string of the molecule is CCc1nc(-c2ccc(OC(F)(F)F)cc2OC)c(C)cc1N. The van der Waals surface area contributed by atoms with Crippen molar-refractivity contribution >= 4 is 5.69 Å². The maximum absolute atomic E-state index is 12.3. The van der Waals surface area contributed by atoms with E-state index in [1.54, 1.807) is 6.07 Å². The maximum atomic E-state index is 12.3. The number of anilines is 1. The van der Waals surface area contributed by atoms with Crippen LogP contribution < -0.4 is 15.2 Å². The lowest BCUT2D eigenvalue weighted by molar-refractivity contribution is -0.274. The molecule has 23 heavy (non-hydrogen) atoms. The van der Waals surface area contributed by atoms with Crippen molar-refractivity contribution in [2.75, 3.05) is 12.8 Å². The van der Waals surface area contributed by atoms with Crippen LogP contribution in [0.15, 0.2) is 24.3 Å². The monoisotopic (exact) mass is 326 g/mol. The Morgan fingerprint density at radius 3 is 2.48 bits per heavy atom. The molecule has 0 saturated heterocycles. The minimum absolute atomic E-state index is 0.245. The summed E-state index contributed by atoms with van der Waals surface area (Å²) in [4.78, 5) is 4.51. The van der Waals surface area contributed by atoms with Crippen molar-refractivity contribution in [2.24, 2.45) is 0 Å². The van der Waals surface area contributed by atoms with E-state index in [2.05, 4.69) is 9.72 Å². The van der Waals surface area contributed by atoms with Gasteiger partial charge in [0.1, 0.15) is 11.5 Å². The van der Waals surface area contributed by atoms with E-state index in [0.29, 0.717) is 23.4 Å². The normalized spacial score (nSPS) is 11.4. The molecule has 0 radical (unpaired) electrons. The number of benzene rings is 1. The Morgan fingerprint density at radius 2 is 1.91 bits per heavy atom. The quantitative estimate of drug-likeness (QED) is 0.918. The van der Waals surface area contributed by atoms with Gasteiger partial charge in [-0.3, -0.25) is 4.98 Å². The molecule has 0 spiro atoms. The van der Waals surface area contributed by atoms with E-state index in [1.807, 2.05) is 13.8 Å². The number of nitrogen functional groups attached to an aromatic ring is 1. The Balaban J connectivity index is 2.52. The molecule has 1 aromatic heterocycles. The first-order valence-electron chi connectivity index (χ1n) is 6.95. The lowest BCUT2D eigenvalue weighted by Crippen LogP contribution is -2.17. The second-order valence-corrected chi connectivity index (χ2v) is 4.95. The molecule has 124 valence electrons. The van der Waals surface area contributed by atoms with Gasteiger partial charge in [-0.2, -0.15) is 0 Å². The average Bonchev–Trinajstić information content (AvgIpc) is 2.46. The lowest BCUT2D eigenvalue weighted by Gasteiger charge is -2.15.